The molecule has 0 aliphatic rings. The highest BCUT2D eigenvalue weighted by Crippen LogP contribution is 2.20. The maximum absolute atomic E-state index is 14.2. The van der Waals surface area contributed by atoms with E-state index in [1.807, 2.05) is 57.2 Å². The largest absolute Gasteiger partial charge is 0.368 e. The summed E-state index contributed by atoms with van der Waals surface area (Å²) >= 11 is 0. The second-order valence-corrected chi connectivity index (χ2v) is 19.3. The number of hydrogen-bond donors (Lipinski definition) is 5. The molecule has 7 rings (SSSR count). The zero-order valence-corrected chi connectivity index (χ0v) is 45.8. The van der Waals surface area contributed by atoms with E-state index in [2.05, 4.69) is 51.2 Å². The lowest BCUT2D eigenvalue weighted by atomic mass is 10.1. The molecule has 8 amide bonds. The fourth-order valence-corrected chi connectivity index (χ4v) is 8.47. The SMILES string of the molecule is Cc1ccnc(-c2cc(CC(=O)N(CCNC(=O)CN(CCNC(=O)c3ccccc3)C(=O)Cc3ccnc(-c4cc(C)ccn4)c3)CC(=O)NCCN(CC(=O)NCC(N)=O)C(=O)Cc3ccnc(-c4cc(C)ccn4)c3)ccn2)c1. The number of pyridine rings is 6. The van der Waals surface area contributed by atoms with Gasteiger partial charge in [-0.3, -0.25) is 68.3 Å². The molecule has 6 heterocycles. The average molecular weight is 1110 g/mol. The molecule has 0 bridgehead atoms. The van der Waals surface area contributed by atoms with E-state index in [4.69, 9.17) is 5.73 Å². The number of nitrogens with zero attached hydrogens (tertiary/aromatic N) is 9. The topological polar surface area (TPSA) is 298 Å². The van der Waals surface area contributed by atoms with Gasteiger partial charge >= 0.3 is 0 Å². The molecule has 0 fully saturated rings. The van der Waals surface area contributed by atoms with E-state index in [0.29, 0.717) is 56.4 Å². The highest BCUT2D eigenvalue weighted by Gasteiger charge is 2.23. The zero-order valence-electron chi connectivity index (χ0n) is 45.8. The van der Waals surface area contributed by atoms with Gasteiger partial charge in [-0.1, -0.05) is 18.2 Å². The fourth-order valence-electron chi connectivity index (χ4n) is 8.47. The molecule has 0 radical (unpaired) electrons. The van der Waals surface area contributed by atoms with E-state index in [0.717, 1.165) is 16.7 Å². The minimum atomic E-state index is -0.777. The number of aromatic nitrogens is 6. The van der Waals surface area contributed by atoms with Crippen molar-refractivity contribution in [2.45, 2.75) is 40.0 Å². The normalized spacial score (nSPS) is 10.7. The molecule has 22 nitrogen and oxygen atoms in total. The van der Waals surface area contributed by atoms with Crippen LogP contribution in [0.25, 0.3) is 34.2 Å². The molecule has 0 aliphatic carbocycles. The number of carbonyl (C=O) groups is 8. The first kappa shape index (κ1) is 59.5. The van der Waals surface area contributed by atoms with Gasteiger partial charge in [0.25, 0.3) is 5.91 Å². The van der Waals surface area contributed by atoms with E-state index >= 15 is 0 Å². The summed E-state index contributed by atoms with van der Waals surface area (Å²) in [6, 6.07) is 30.0. The number of benzene rings is 1. The molecule has 0 saturated carbocycles. The van der Waals surface area contributed by atoms with Gasteiger partial charge in [0.1, 0.15) is 0 Å². The van der Waals surface area contributed by atoms with E-state index in [1.54, 1.807) is 104 Å². The number of aryl methyl sites for hydroxylation is 3. The van der Waals surface area contributed by atoms with Crippen LogP contribution >= 0.6 is 0 Å². The molecule has 22 heteroatoms. The lowest BCUT2D eigenvalue weighted by Crippen LogP contribution is -2.49. The molecule has 0 aliphatic heterocycles. The number of hydrogen-bond acceptors (Lipinski definition) is 14. The van der Waals surface area contributed by atoms with Crippen LogP contribution in [-0.2, 0) is 52.8 Å². The number of primary amides is 1. The van der Waals surface area contributed by atoms with Crippen LogP contribution in [-0.4, -0.2) is 157 Å². The first-order valence-corrected chi connectivity index (χ1v) is 26.4. The van der Waals surface area contributed by atoms with Crippen molar-refractivity contribution in [2.24, 2.45) is 5.73 Å². The summed E-state index contributed by atoms with van der Waals surface area (Å²) < 4.78 is 0. The molecular weight excluding hydrogens is 1040 g/mol. The summed E-state index contributed by atoms with van der Waals surface area (Å²) in [5.41, 5.74) is 13.9. The molecule has 1 aromatic carbocycles. The predicted molar refractivity (Wildman–Crippen MR) is 304 cm³/mol. The Bertz CT molecular complexity index is 3420. The van der Waals surface area contributed by atoms with Crippen molar-refractivity contribution in [1.82, 2.24) is 65.9 Å². The van der Waals surface area contributed by atoms with Gasteiger partial charge in [-0.05, 0) is 139 Å². The Balaban J connectivity index is 1.03. The monoisotopic (exact) mass is 1110 g/mol. The number of nitrogens with two attached hydrogens (primary N) is 1. The molecule has 0 spiro atoms. The van der Waals surface area contributed by atoms with Crippen molar-refractivity contribution in [2.75, 3.05) is 65.4 Å². The van der Waals surface area contributed by atoms with Crippen molar-refractivity contribution in [3.05, 3.63) is 179 Å². The van der Waals surface area contributed by atoms with Crippen LogP contribution in [0.1, 0.15) is 43.7 Å². The third kappa shape index (κ3) is 18.8. The lowest BCUT2D eigenvalue weighted by Gasteiger charge is -2.25. The minimum Gasteiger partial charge on any atom is -0.368 e. The summed E-state index contributed by atoms with van der Waals surface area (Å²) in [7, 11) is 0. The smallest absolute Gasteiger partial charge is 0.251 e. The number of carbonyl (C=O) groups excluding carboxylic acids is 8. The Hall–Kier alpha value is -10.1. The average Bonchev–Trinajstić information content (AvgIpc) is 3.60. The van der Waals surface area contributed by atoms with Crippen LogP contribution in [0.15, 0.2) is 140 Å². The molecular formula is C60H64N14O8. The minimum absolute atomic E-state index is 0.0174. The van der Waals surface area contributed by atoms with Crippen LogP contribution in [0.2, 0.25) is 0 Å². The molecule has 6 aromatic heterocycles. The van der Waals surface area contributed by atoms with Gasteiger partial charge in [0.2, 0.25) is 41.4 Å². The van der Waals surface area contributed by atoms with Crippen molar-refractivity contribution < 1.29 is 38.4 Å². The Morgan fingerprint density at radius 2 is 0.720 bits per heavy atom. The summed E-state index contributed by atoms with van der Waals surface area (Å²) in [5, 5.41) is 10.7. The molecule has 422 valence electrons. The van der Waals surface area contributed by atoms with Crippen molar-refractivity contribution in [3.8, 4) is 34.2 Å². The van der Waals surface area contributed by atoms with Gasteiger partial charge in [0, 0.05) is 82.0 Å². The van der Waals surface area contributed by atoms with Gasteiger partial charge in [-0.2, -0.15) is 0 Å². The maximum atomic E-state index is 14.2. The van der Waals surface area contributed by atoms with Gasteiger partial charge in [-0.15, -0.1) is 0 Å². The maximum Gasteiger partial charge on any atom is 0.251 e. The third-order valence-electron chi connectivity index (χ3n) is 12.7. The third-order valence-corrected chi connectivity index (χ3v) is 12.7. The van der Waals surface area contributed by atoms with Crippen LogP contribution in [0.4, 0.5) is 0 Å². The first-order valence-electron chi connectivity index (χ1n) is 26.4. The second-order valence-electron chi connectivity index (χ2n) is 19.3. The van der Waals surface area contributed by atoms with Gasteiger partial charge in [-0.25, -0.2) is 0 Å². The van der Waals surface area contributed by atoms with E-state index < -0.39 is 67.5 Å². The van der Waals surface area contributed by atoms with E-state index in [-0.39, 0.29) is 64.4 Å². The Morgan fingerprint density at radius 3 is 1.06 bits per heavy atom. The summed E-state index contributed by atoms with van der Waals surface area (Å²) in [6.45, 7) is 3.46. The lowest BCUT2D eigenvalue weighted by molar-refractivity contribution is -0.137. The van der Waals surface area contributed by atoms with E-state index in [9.17, 15) is 38.4 Å². The van der Waals surface area contributed by atoms with Crippen LogP contribution in [0.3, 0.4) is 0 Å². The highest BCUT2D eigenvalue weighted by molar-refractivity contribution is 5.94. The highest BCUT2D eigenvalue weighted by atomic mass is 16.2. The summed E-state index contributed by atoms with van der Waals surface area (Å²) in [4.78, 5) is 137. The van der Waals surface area contributed by atoms with Gasteiger partial charge < -0.3 is 41.7 Å². The summed E-state index contributed by atoms with van der Waals surface area (Å²) in [5.74, 6) is -4.31. The molecule has 0 saturated heterocycles. The fraction of sp³-hybridized carbons (Fsp3) is 0.267. The van der Waals surface area contributed by atoms with Crippen molar-refractivity contribution in [3.63, 3.8) is 0 Å². The van der Waals surface area contributed by atoms with Crippen LogP contribution in [0.5, 0.6) is 0 Å². The second kappa shape index (κ2) is 29.7. The molecule has 6 N–H and O–H groups in total. The number of rotatable bonds is 27. The molecule has 7 aromatic rings. The predicted octanol–water partition coefficient (Wildman–Crippen LogP) is 2.76. The first-order chi connectivity index (χ1) is 39.5. The number of amides is 8. The Morgan fingerprint density at radius 1 is 0.402 bits per heavy atom. The quantitative estimate of drug-likeness (QED) is 0.0495. The van der Waals surface area contributed by atoms with Gasteiger partial charge in [0.15, 0.2) is 0 Å². The molecule has 0 atom stereocenters. The van der Waals surface area contributed by atoms with Crippen LogP contribution < -0.4 is 27.0 Å². The standard InChI is InChI=1S/C60H64N14O8/c1-40-9-15-62-47(27-40)50-30-43(12-18-65-50)33-57(79)72(37-54(76)69-22-25-73(39-56(78)71-36-53(61)75)58(80)34-44-13-19-66-51(31-44)48-28-41(2)10-16-63-48)24-21-68-55(77)38-74(26-23-70-60(82)46-7-5-4-6-8-46)59(81)35-45-14-20-67-52(32-45)49-29-42(3)11-17-64-49/h4-20,27-32H,21-26,33-39H2,1-3H3,(H2,61,75)(H,68,77)(H,69,76)(H,70,82)(H,71,78). The molecule has 0 unspecified atom stereocenters. The van der Waals surface area contributed by atoms with Crippen molar-refractivity contribution >= 4 is 47.3 Å². The van der Waals surface area contributed by atoms with Gasteiger partial charge in [0.05, 0.1) is 79.6 Å². The zero-order chi connectivity index (χ0) is 58.4. The Labute approximate surface area is 474 Å². The van der Waals surface area contributed by atoms with Crippen LogP contribution in [0, 0.1) is 20.8 Å². The van der Waals surface area contributed by atoms with Crippen molar-refractivity contribution in [1.29, 1.82) is 0 Å². The molecule has 82 heavy (non-hydrogen) atoms. The number of nitrogens with one attached hydrogen (secondary N) is 4. The summed E-state index contributed by atoms with van der Waals surface area (Å²) in [6.07, 6.45) is 9.30. The van der Waals surface area contributed by atoms with E-state index in [1.165, 1.54) is 14.7 Å². The Kier molecular flexibility index (Phi) is 21.6.